The van der Waals surface area contributed by atoms with E-state index in [0.717, 1.165) is 4.70 Å². The summed E-state index contributed by atoms with van der Waals surface area (Å²) in [6.07, 6.45) is 0. The van der Waals surface area contributed by atoms with Crippen molar-refractivity contribution in [1.29, 1.82) is 0 Å². The van der Waals surface area contributed by atoms with Crippen molar-refractivity contribution in [3.63, 3.8) is 0 Å². The Morgan fingerprint density at radius 2 is 2.00 bits per heavy atom. The van der Waals surface area contributed by atoms with Gasteiger partial charge in [-0.15, -0.1) is 11.3 Å². The minimum atomic E-state index is -0.851. The Bertz CT molecular complexity index is 1430. The predicted octanol–water partition coefficient (Wildman–Crippen LogP) is 6.09. The van der Waals surface area contributed by atoms with Crippen molar-refractivity contribution in [2.75, 3.05) is 4.90 Å². The maximum Gasteiger partial charge on any atom is 0.301 e. The number of rotatable bonds is 3. The van der Waals surface area contributed by atoms with E-state index in [4.69, 9.17) is 11.6 Å². The molecule has 1 unspecified atom stereocenters. The van der Waals surface area contributed by atoms with Crippen LogP contribution >= 0.6 is 34.3 Å². The molecule has 0 aliphatic carbocycles. The lowest BCUT2D eigenvalue weighted by molar-refractivity contribution is -0.132. The highest BCUT2D eigenvalue weighted by Crippen LogP contribution is 2.45. The Morgan fingerprint density at radius 3 is 2.72 bits per heavy atom. The van der Waals surface area contributed by atoms with Crippen molar-refractivity contribution in [2.45, 2.75) is 13.0 Å². The van der Waals surface area contributed by atoms with Gasteiger partial charge in [0.15, 0.2) is 5.13 Å². The van der Waals surface area contributed by atoms with Crippen LogP contribution in [0, 0.1) is 12.7 Å². The number of benzene rings is 2. The molecule has 1 saturated heterocycles. The third kappa shape index (κ3) is 3.31. The molecule has 1 aliphatic heterocycles. The number of carbonyl (C=O) groups excluding carboxylic acids is 2. The number of anilines is 1. The summed E-state index contributed by atoms with van der Waals surface area (Å²) in [5.74, 6) is -2.38. The summed E-state index contributed by atoms with van der Waals surface area (Å²) in [4.78, 5) is 32.8. The molecule has 1 fully saturated rings. The van der Waals surface area contributed by atoms with Crippen LogP contribution in [-0.4, -0.2) is 21.8 Å². The first-order valence-electron chi connectivity index (χ1n) is 9.52. The fourth-order valence-electron chi connectivity index (χ4n) is 3.68. The predicted molar refractivity (Wildman–Crippen MR) is 125 cm³/mol. The molecule has 1 N–H and O–H groups in total. The average Bonchev–Trinajstić information content (AvgIpc) is 3.48. The molecule has 2 aromatic heterocycles. The smallest absolute Gasteiger partial charge is 0.301 e. The number of Topliss-reactive ketones (excluding diaryl/α,β-unsaturated/α-hetero) is 1. The number of carbonyl (C=O) groups is 2. The van der Waals surface area contributed by atoms with Crippen LogP contribution in [0.3, 0.4) is 0 Å². The molecule has 1 aliphatic rings. The Balaban J connectivity index is 1.71. The number of amides is 1. The van der Waals surface area contributed by atoms with Gasteiger partial charge < -0.3 is 5.11 Å². The van der Waals surface area contributed by atoms with Gasteiger partial charge in [-0.3, -0.25) is 14.5 Å². The fraction of sp³-hybridized carbons (Fsp3) is 0.0870. The van der Waals surface area contributed by atoms with Crippen LogP contribution in [0.15, 0.2) is 59.5 Å². The van der Waals surface area contributed by atoms with E-state index in [0.29, 0.717) is 26.1 Å². The van der Waals surface area contributed by atoms with Gasteiger partial charge in [-0.2, -0.15) is 0 Å². The molecule has 160 valence electrons. The lowest BCUT2D eigenvalue weighted by atomic mass is 9.99. The Hall–Kier alpha value is -3.07. The van der Waals surface area contributed by atoms with Crippen LogP contribution in [0.25, 0.3) is 16.0 Å². The van der Waals surface area contributed by atoms with E-state index < -0.39 is 23.5 Å². The highest BCUT2D eigenvalue weighted by atomic mass is 35.5. The molecule has 4 aromatic rings. The summed E-state index contributed by atoms with van der Waals surface area (Å²) in [6, 6.07) is 12.0. The molecule has 0 radical (unpaired) electrons. The average molecular weight is 485 g/mol. The second kappa shape index (κ2) is 7.81. The standard InChI is InChI=1S/C23H14ClFN2O3S2/c1-11-9-12(4-6-14(11)25)20(28)18-19(16-3-2-8-31-16)27(22(30)21(18)29)23-26-15-7-5-13(24)10-17(15)32-23/h2-10,19,28H,1H3/b20-18+. The van der Waals surface area contributed by atoms with Crippen LogP contribution < -0.4 is 4.90 Å². The minimum absolute atomic E-state index is 0.0549. The van der Waals surface area contributed by atoms with E-state index in [9.17, 15) is 19.1 Å². The number of hydrogen-bond donors (Lipinski definition) is 1. The van der Waals surface area contributed by atoms with Crippen LogP contribution in [0.5, 0.6) is 0 Å². The lowest BCUT2D eigenvalue weighted by Crippen LogP contribution is -2.28. The summed E-state index contributed by atoms with van der Waals surface area (Å²) in [7, 11) is 0. The number of hydrogen-bond acceptors (Lipinski definition) is 6. The van der Waals surface area contributed by atoms with E-state index in [2.05, 4.69) is 4.98 Å². The first kappa shape index (κ1) is 20.8. The van der Waals surface area contributed by atoms with Crippen molar-refractivity contribution < 1.29 is 19.1 Å². The Kier molecular flexibility index (Phi) is 5.08. The van der Waals surface area contributed by atoms with Gasteiger partial charge in [-0.05, 0) is 60.3 Å². The zero-order valence-electron chi connectivity index (χ0n) is 16.5. The molecule has 9 heteroatoms. The van der Waals surface area contributed by atoms with Crippen molar-refractivity contribution in [3.05, 3.63) is 86.3 Å². The quantitative estimate of drug-likeness (QED) is 0.217. The van der Waals surface area contributed by atoms with E-state index in [1.165, 1.54) is 45.8 Å². The van der Waals surface area contributed by atoms with Crippen LogP contribution in [0.4, 0.5) is 9.52 Å². The number of aryl methyl sites for hydroxylation is 1. The summed E-state index contributed by atoms with van der Waals surface area (Å²) in [6.45, 7) is 1.56. The Labute approximate surface area is 195 Å². The third-order valence-corrected chi connectivity index (χ3v) is 7.41. The van der Waals surface area contributed by atoms with Crippen molar-refractivity contribution >= 4 is 67.1 Å². The topological polar surface area (TPSA) is 70.5 Å². The van der Waals surface area contributed by atoms with Gasteiger partial charge in [0.1, 0.15) is 17.6 Å². The van der Waals surface area contributed by atoms with E-state index >= 15 is 0 Å². The first-order valence-corrected chi connectivity index (χ1v) is 11.6. The van der Waals surface area contributed by atoms with E-state index in [1.54, 1.807) is 37.3 Å². The second-order valence-corrected chi connectivity index (χ2v) is 9.68. The number of thiophene rings is 1. The maximum atomic E-state index is 13.7. The minimum Gasteiger partial charge on any atom is -0.507 e. The first-order chi connectivity index (χ1) is 15.3. The number of nitrogens with zero attached hydrogens (tertiary/aromatic N) is 2. The SMILES string of the molecule is Cc1cc(/C(O)=C2\C(=O)C(=O)N(c3nc4ccc(Cl)cc4s3)C2c2cccs2)ccc1F. The number of aromatic nitrogens is 1. The molecule has 2 aromatic carbocycles. The van der Waals surface area contributed by atoms with Gasteiger partial charge in [-0.1, -0.05) is 29.0 Å². The highest BCUT2D eigenvalue weighted by molar-refractivity contribution is 7.22. The maximum absolute atomic E-state index is 13.7. The summed E-state index contributed by atoms with van der Waals surface area (Å²) in [5.41, 5.74) is 1.18. The molecule has 1 amide bonds. The number of fused-ring (bicyclic) bond motifs is 1. The molecular formula is C23H14ClFN2O3S2. The Morgan fingerprint density at radius 1 is 1.19 bits per heavy atom. The largest absolute Gasteiger partial charge is 0.507 e. The number of ketones is 1. The number of thiazole rings is 1. The highest BCUT2D eigenvalue weighted by Gasteiger charge is 2.48. The monoisotopic (exact) mass is 484 g/mol. The molecule has 32 heavy (non-hydrogen) atoms. The van der Waals surface area contributed by atoms with Gasteiger partial charge in [0, 0.05) is 15.5 Å². The van der Waals surface area contributed by atoms with Gasteiger partial charge in [0.05, 0.1) is 15.8 Å². The molecule has 0 spiro atoms. The van der Waals surface area contributed by atoms with Crippen molar-refractivity contribution in [2.24, 2.45) is 0 Å². The second-order valence-electron chi connectivity index (χ2n) is 7.26. The van der Waals surface area contributed by atoms with Crippen molar-refractivity contribution in [1.82, 2.24) is 4.98 Å². The number of aliphatic hydroxyl groups is 1. The number of halogens is 2. The normalized spacial score (nSPS) is 18.1. The van der Waals surface area contributed by atoms with Gasteiger partial charge in [0.2, 0.25) is 0 Å². The van der Waals surface area contributed by atoms with Crippen LogP contribution in [0.1, 0.15) is 22.0 Å². The van der Waals surface area contributed by atoms with Crippen LogP contribution in [0.2, 0.25) is 5.02 Å². The van der Waals surface area contributed by atoms with E-state index in [-0.39, 0.29) is 16.9 Å². The fourth-order valence-corrected chi connectivity index (χ4v) is 5.77. The zero-order chi connectivity index (χ0) is 22.6. The molecule has 1 atom stereocenters. The molecular weight excluding hydrogens is 471 g/mol. The zero-order valence-corrected chi connectivity index (χ0v) is 18.9. The third-order valence-electron chi connectivity index (χ3n) is 5.23. The summed E-state index contributed by atoms with van der Waals surface area (Å²) in [5, 5.41) is 13.8. The number of aliphatic hydroxyl groups excluding tert-OH is 1. The summed E-state index contributed by atoms with van der Waals surface area (Å²) < 4.78 is 14.5. The van der Waals surface area contributed by atoms with Gasteiger partial charge >= 0.3 is 5.91 Å². The van der Waals surface area contributed by atoms with Gasteiger partial charge in [0.25, 0.3) is 5.78 Å². The lowest BCUT2D eigenvalue weighted by Gasteiger charge is -2.21. The van der Waals surface area contributed by atoms with E-state index in [1.807, 2.05) is 5.38 Å². The molecule has 0 saturated carbocycles. The molecule has 3 heterocycles. The van der Waals surface area contributed by atoms with Crippen molar-refractivity contribution in [3.8, 4) is 0 Å². The molecule has 5 nitrogen and oxygen atoms in total. The summed E-state index contributed by atoms with van der Waals surface area (Å²) >= 11 is 8.68. The van der Waals surface area contributed by atoms with Crippen LogP contribution in [-0.2, 0) is 9.59 Å². The molecule has 5 rings (SSSR count). The molecule has 0 bridgehead atoms. The van der Waals surface area contributed by atoms with Gasteiger partial charge in [-0.25, -0.2) is 9.37 Å².